The van der Waals surface area contributed by atoms with Crippen LogP contribution in [0.5, 0.6) is 0 Å². The summed E-state index contributed by atoms with van der Waals surface area (Å²) in [7, 11) is -3.46. The minimum Gasteiger partial charge on any atom is -0.458 e. The van der Waals surface area contributed by atoms with Gasteiger partial charge in [-0.15, -0.1) is 0 Å². The number of amides is 1. The van der Waals surface area contributed by atoms with Crippen molar-refractivity contribution < 1.29 is 41.9 Å². The van der Waals surface area contributed by atoms with Crippen LogP contribution >= 0.6 is 22.6 Å². The number of Topliss-reactive ketones (excluding diaryl/α,β-unsaturated/α-hetero) is 2. The molecule has 0 aliphatic carbocycles. The van der Waals surface area contributed by atoms with Crippen LogP contribution in [0.3, 0.4) is 0 Å². The Morgan fingerprint density at radius 1 is 1.03 bits per heavy atom. The number of carbonyl (C=O) groups is 5. The smallest absolute Gasteiger partial charge is 0.410 e. The van der Waals surface area contributed by atoms with Gasteiger partial charge in [0.15, 0.2) is 9.39 Å². The summed E-state index contributed by atoms with van der Waals surface area (Å²) in [6, 6.07) is -0.952. The van der Waals surface area contributed by atoms with Gasteiger partial charge in [-0.3, -0.25) is 24.1 Å². The van der Waals surface area contributed by atoms with Gasteiger partial charge < -0.3 is 9.47 Å². The van der Waals surface area contributed by atoms with Crippen molar-refractivity contribution in [1.29, 1.82) is 0 Å². The fraction of sp³-hybridized carbons (Fsp3) is 0.815. The number of cyclic esters (lactones) is 1. The lowest BCUT2D eigenvalue weighted by atomic mass is 9.65. The maximum absolute atomic E-state index is 13.9. The molecule has 0 aromatic carbocycles. The van der Waals surface area contributed by atoms with Crippen molar-refractivity contribution in [3.63, 3.8) is 0 Å². The van der Waals surface area contributed by atoms with E-state index in [1.807, 2.05) is 0 Å². The Hall–Kier alpha value is -1.57. The second kappa shape index (κ2) is 12.1. The van der Waals surface area contributed by atoms with Gasteiger partial charge in [-0.1, -0.05) is 41.5 Å². The molecule has 2 fully saturated rings. The van der Waals surface area contributed by atoms with Crippen LogP contribution in [-0.4, -0.2) is 77.0 Å². The number of sulfone groups is 1. The van der Waals surface area contributed by atoms with Crippen LogP contribution < -0.4 is 0 Å². The van der Waals surface area contributed by atoms with Crippen LogP contribution in [0.25, 0.3) is 0 Å². The molecule has 9 atom stereocenters. The monoisotopic (exact) mass is 683 g/mol. The fourth-order valence-electron chi connectivity index (χ4n) is 6.19. The molecule has 2 aliphatic heterocycles. The van der Waals surface area contributed by atoms with E-state index in [0.717, 1.165) is 6.26 Å². The van der Waals surface area contributed by atoms with Crippen LogP contribution in [0, 0.1) is 35.0 Å². The van der Waals surface area contributed by atoms with Crippen molar-refractivity contribution in [3.05, 3.63) is 0 Å². The highest BCUT2D eigenvalue weighted by atomic mass is 127. The molecule has 2 saturated heterocycles. The molecular weight excluding hydrogens is 641 g/mol. The zero-order chi connectivity index (χ0) is 30.2. The molecule has 10 nitrogen and oxygen atoms in total. The van der Waals surface area contributed by atoms with Crippen molar-refractivity contribution in [3.8, 4) is 0 Å². The van der Waals surface area contributed by atoms with Crippen molar-refractivity contribution in [2.24, 2.45) is 35.0 Å². The zero-order valence-corrected chi connectivity index (χ0v) is 27.3. The van der Waals surface area contributed by atoms with Crippen LogP contribution in [0.15, 0.2) is 0 Å². The first kappa shape index (κ1) is 33.6. The third-order valence-corrected chi connectivity index (χ3v) is 11.2. The molecule has 39 heavy (non-hydrogen) atoms. The van der Waals surface area contributed by atoms with E-state index in [1.54, 1.807) is 71.1 Å². The molecule has 0 radical (unpaired) electrons. The highest BCUT2D eigenvalue weighted by Gasteiger charge is 2.60. The van der Waals surface area contributed by atoms with Gasteiger partial charge in [0.25, 0.3) is 0 Å². The Balaban J connectivity index is 2.72. The Labute approximate surface area is 245 Å². The van der Waals surface area contributed by atoms with Gasteiger partial charge in [0.1, 0.15) is 33.4 Å². The lowest BCUT2D eigenvalue weighted by Crippen LogP contribution is -2.58. The molecule has 0 N–H and O–H groups in total. The second-order valence-corrected chi connectivity index (χ2v) is 15.1. The predicted octanol–water partition coefficient (Wildman–Crippen LogP) is 3.62. The average molecular weight is 684 g/mol. The van der Waals surface area contributed by atoms with Crippen LogP contribution in [-0.2, 0) is 38.5 Å². The molecule has 12 heteroatoms. The Morgan fingerprint density at radius 2 is 1.59 bits per heavy atom. The SMILES string of the molecule is CC[C@H]1OC(=O)[C@H](C)C(=O)[C@H](C)[C@@H](C)[C@](C)(C(=O)I)C[C@@H](C)C(=O)[C@H](C)[C@H]2N(CCS(C)(=O)=O)C(=O)O[C@]12C. The number of hydrogen-bond acceptors (Lipinski definition) is 9. The summed E-state index contributed by atoms with van der Waals surface area (Å²) >= 11 is 1.70. The number of rotatable bonds is 5. The lowest BCUT2D eigenvalue weighted by molar-refractivity contribution is -0.171. The molecule has 0 aromatic heterocycles. The van der Waals surface area contributed by atoms with Gasteiger partial charge in [-0.05, 0) is 32.6 Å². The van der Waals surface area contributed by atoms with Gasteiger partial charge in [-0.25, -0.2) is 13.2 Å². The molecule has 2 aliphatic rings. The minimum absolute atomic E-state index is 0.161. The number of nitrogens with zero attached hydrogens (tertiary/aromatic N) is 1. The Kier molecular flexibility index (Phi) is 10.5. The van der Waals surface area contributed by atoms with E-state index < -0.39 is 74.7 Å². The standard InChI is InChI=1S/C27H42INO9S/c1-10-19-27(8)22(29(25(34)38-27)11-12-39(9,35)36)16(4)20(30)14(2)13-26(7,24(28)33)18(6)15(3)21(31)17(5)23(32)37-19/h14-19,22H,10-13H2,1-9H3/t14-,15-,16+,17-,18-,19-,22-,26-,27-/m1/s1. The molecule has 0 saturated carbocycles. The zero-order valence-electron chi connectivity index (χ0n) is 24.3. The molecule has 2 heterocycles. The number of ketones is 2. The number of hydrogen-bond donors (Lipinski definition) is 0. The topological polar surface area (TPSA) is 141 Å². The first-order chi connectivity index (χ1) is 17.7. The largest absolute Gasteiger partial charge is 0.458 e. The maximum Gasteiger partial charge on any atom is 0.410 e. The third kappa shape index (κ3) is 6.68. The normalized spacial score (nSPS) is 39.0. The van der Waals surface area contributed by atoms with Crippen molar-refractivity contribution in [2.75, 3.05) is 18.6 Å². The van der Waals surface area contributed by atoms with Gasteiger partial charge in [-0.2, -0.15) is 0 Å². The summed E-state index contributed by atoms with van der Waals surface area (Å²) < 4.78 is 35.3. The number of fused-ring (bicyclic) bond motifs is 1. The van der Waals surface area contributed by atoms with Crippen LogP contribution in [0.1, 0.15) is 68.2 Å². The summed E-state index contributed by atoms with van der Waals surface area (Å²) in [6.07, 6.45) is -0.377. The molecule has 0 bridgehead atoms. The van der Waals surface area contributed by atoms with E-state index in [2.05, 4.69) is 0 Å². The van der Waals surface area contributed by atoms with Crippen molar-refractivity contribution >= 4 is 59.8 Å². The molecule has 2 rings (SSSR count). The molecule has 222 valence electrons. The molecule has 1 amide bonds. The van der Waals surface area contributed by atoms with E-state index in [0.29, 0.717) is 0 Å². The van der Waals surface area contributed by atoms with Crippen LogP contribution in [0.2, 0.25) is 0 Å². The summed E-state index contributed by atoms with van der Waals surface area (Å²) in [5.74, 6) is -5.50. The van der Waals surface area contributed by atoms with Crippen molar-refractivity contribution in [2.45, 2.75) is 86.0 Å². The molecular formula is C27H42INO9S. The summed E-state index contributed by atoms with van der Waals surface area (Å²) in [5.41, 5.74) is -2.55. The Bertz CT molecular complexity index is 1120. The van der Waals surface area contributed by atoms with E-state index in [1.165, 1.54) is 11.8 Å². The highest BCUT2D eigenvalue weighted by Crippen LogP contribution is 2.45. The predicted molar refractivity (Wildman–Crippen MR) is 153 cm³/mol. The van der Waals surface area contributed by atoms with E-state index in [9.17, 15) is 32.4 Å². The highest BCUT2D eigenvalue weighted by molar-refractivity contribution is 14.1. The minimum atomic E-state index is -3.46. The number of carbonyl (C=O) groups excluding carboxylic acids is 5. The number of ether oxygens (including phenoxy) is 2. The lowest BCUT2D eigenvalue weighted by Gasteiger charge is -2.42. The summed E-state index contributed by atoms with van der Waals surface area (Å²) in [5, 5.41) is 0. The van der Waals surface area contributed by atoms with E-state index in [4.69, 9.17) is 9.47 Å². The number of esters is 1. The van der Waals surface area contributed by atoms with Crippen LogP contribution in [0.4, 0.5) is 4.79 Å². The molecule has 0 unspecified atom stereocenters. The number of halogens is 1. The van der Waals surface area contributed by atoms with Crippen molar-refractivity contribution in [1.82, 2.24) is 4.90 Å². The van der Waals surface area contributed by atoms with Gasteiger partial charge >= 0.3 is 12.1 Å². The van der Waals surface area contributed by atoms with Gasteiger partial charge in [0.2, 0.25) is 0 Å². The summed E-state index contributed by atoms with van der Waals surface area (Å²) in [6.45, 7) is 13.1. The molecule has 0 aromatic rings. The quantitative estimate of drug-likeness (QED) is 0.184. The second-order valence-electron chi connectivity index (χ2n) is 11.8. The van der Waals surface area contributed by atoms with Gasteiger partial charge in [0, 0.05) is 58.6 Å². The maximum atomic E-state index is 13.9. The van der Waals surface area contributed by atoms with E-state index >= 15 is 0 Å². The molecule has 0 spiro atoms. The first-order valence-electron chi connectivity index (χ1n) is 13.4. The van der Waals surface area contributed by atoms with Gasteiger partial charge in [0.05, 0.1) is 11.8 Å². The first-order valence-corrected chi connectivity index (χ1v) is 16.5. The average Bonchev–Trinajstić information content (AvgIpc) is 3.11. The fourth-order valence-corrected chi connectivity index (χ4v) is 7.43. The van der Waals surface area contributed by atoms with E-state index in [-0.39, 0.29) is 40.5 Å². The Morgan fingerprint density at radius 3 is 2.08 bits per heavy atom. The third-order valence-electron chi connectivity index (χ3n) is 9.01. The summed E-state index contributed by atoms with van der Waals surface area (Å²) in [4.78, 5) is 67.9.